The molecule has 1 atom stereocenters. The van der Waals surface area contributed by atoms with Crippen molar-refractivity contribution < 1.29 is 19.4 Å². The van der Waals surface area contributed by atoms with Crippen LogP contribution in [0.5, 0.6) is 5.75 Å². The first kappa shape index (κ1) is 25.8. The SMILES string of the molecule is COc1ccc2c(c1)C(c1ccc(Cl)cc1)=N[C@@H](CC(=O)NCCCOCCCO)c1nnc(C)n1-2. The lowest BCUT2D eigenvalue weighted by atomic mass is 10.00. The molecule has 36 heavy (non-hydrogen) atoms. The van der Waals surface area contributed by atoms with Gasteiger partial charge in [-0.2, -0.15) is 0 Å². The summed E-state index contributed by atoms with van der Waals surface area (Å²) in [6, 6.07) is 12.7. The number of nitrogens with zero attached hydrogens (tertiary/aromatic N) is 4. The van der Waals surface area contributed by atoms with Crippen LogP contribution in [0.1, 0.15) is 48.1 Å². The first-order valence-electron chi connectivity index (χ1n) is 11.9. The molecule has 0 saturated heterocycles. The Morgan fingerprint density at radius 2 is 1.92 bits per heavy atom. The summed E-state index contributed by atoms with van der Waals surface area (Å²) in [5.41, 5.74) is 3.31. The Bertz CT molecular complexity index is 1230. The third kappa shape index (κ3) is 5.92. The lowest BCUT2D eigenvalue weighted by Gasteiger charge is -2.14. The monoisotopic (exact) mass is 511 g/mol. The van der Waals surface area contributed by atoms with E-state index in [2.05, 4.69) is 15.5 Å². The standard InChI is InChI=1S/C26H30ClN5O4/c1-17-30-31-26-22(16-24(34)28-11-3-13-36-14-4-12-33)29-25(18-5-7-19(27)8-6-18)21-15-20(35-2)9-10-23(21)32(17)26/h5-10,15,22,33H,3-4,11-14,16H2,1-2H3,(H,28,34)/t22-/m0/s1. The summed E-state index contributed by atoms with van der Waals surface area (Å²) in [4.78, 5) is 17.9. The highest BCUT2D eigenvalue weighted by molar-refractivity contribution is 6.30. The molecule has 0 spiro atoms. The maximum Gasteiger partial charge on any atom is 0.222 e. The Labute approximate surface area is 215 Å². The van der Waals surface area contributed by atoms with Crippen LogP contribution in [-0.4, -0.2) is 65.0 Å². The molecule has 0 bridgehead atoms. The highest BCUT2D eigenvalue weighted by Crippen LogP contribution is 2.34. The summed E-state index contributed by atoms with van der Waals surface area (Å²) in [7, 11) is 1.62. The van der Waals surface area contributed by atoms with E-state index in [1.54, 1.807) is 7.11 Å². The van der Waals surface area contributed by atoms with Gasteiger partial charge in [0.2, 0.25) is 5.91 Å². The van der Waals surface area contributed by atoms with Gasteiger partial charge in [0.05, 0.1) is 24.9 Å². The molecule has 2 N–H and O–H groups in total. The van der Waals surface area contributed by atoms with Crippen molar-refractivity contribution in [2.45, 2.75) is 32.2 Å². The largest absolute Gasteiger partial charge is 0.497 e. The van der Waals surface area contributed by atoms with E-state index in [-0.39, 0.29) is 18.9 Å². The van der Waals surface area contributed by atoms with Crippen molar-refractivity contribution >= 4 is 23.2 Å². The Kier molecular flexibility index (Phi) is 8.69. The van der Waals surface area contributed by atoms with Gasteiger partial charge in [-0.05, 0) is 50.1 Å². The zero-order chi connectivity index (χ0) is 25.5. The molecule has 4 rings (SSSR count). The van der Waals surface area contributed by atoms with Gasteiger partial charge in [0, 0.05) is 42.5 Å². The Morgan fingerprint density at radius 1 is 1.14 bits per heavy atom. The minimum atomic E-state index is -0.545. The number of ether oxygens (including phenoxy) is 2. The zero-order valence-electron chi connectivity index (χ0n) is 20.4. The zero-order valence-corrected chi connectivity index (χ0v) is 21.2. The molecular weight excluding hydrogens is 482 g/mol. The van der Waals surface area contributed by atoms with E-state index < -0.39 is 6.04 Å². The number of aromatic nitrogens is 3. The Morgan fingerprint density at radius 3 is 2.67 bits per heavy atom. The predicted octanol–water partition coefficient (Wildman–Crippen LogP) is 3.43. The summed E-state index contributed by atoms with van der Waals surface area (Å²) in [5, 5.41) is 21.1. The minimum absolute atomic E-state index is 0.109. The summed E-state index contributed by atoms with van der Waals surface area (Å²) < 4.78 is 12.9. The predicted molar refractivity (Wildman–Crippen MR) is 137 cm³/mol. The molecule has 1 aromatic heterocycles. The van der Waals surface area contributed by atoms with Gasteiger partial charge < -0.3 is 19.9 Å². The fourth-order valence-corrected chi connectivity index (χ4v) is 4.22. The molecule has 0 aliphatic carbocycles. The molecule has 0 saturated carbocycles. The highest BCUT2D eigenvalue weighted by atomic mass is 35.5. The smallest absolute Gasteiger partial charge is 0.222 e. The number of nitrogens with one attached hydrogen (secondary N) is 1. The molecule has 0 fully saturated rings. The summed E-state index contributed by atoms with van der Waals surface area (Å²) in [5.74, 6) is 1.87. The molecule has 1 amide bonds. The van der Waals surface area contributed by atoms with Crippen LogP contribution >= 0.6 is 11.6 Å². The Hall–Kier alpha value is -3.27. The van der Waals surface area contributed by atoms with E-state index in [1.807, 2.05) is 54.0 Å². The van der Waals surface area contributed by atoms with Crippen LogP contribution in [0.4, 0.5) is 0 Å². The third-order valence-corrected chi connectivity index (χ3v) is 6.12. The number of methoxy groups -OCH3 is 1. The van der Waals surface area contributed by atoms with Gasteiger partial charge in [0.15, 0.2) is 5.82 Å². The number of halogens is 1. The minimum Gasteiger partial charge on any atom is -0.497 e. The number of amides is 1. The van der Waals surface area contributed by atoms with Gasteiger partial charge >= 0.3 is 0 Å². The fraction of sp³-hybridized carbons (Fsp3) is 0.385. The van der Waals surface area contributed by atoms with E-state index in [0.29, 0.717) is 55.0 Å². The van der Waals surface area contributed by atoms with Crippen molar-refractivity contribution in [3.8, 4) is 11.4 Å². The molecule has 2 heterocycles. The van der Waals surface area contributed by atoms with Crippen LogP contribution in [-0.2, 0) is 9.53 Å². The van der Waals surface area contributed by atoms with E-state index in [0.717, 1.165) is 22.5 Å². The van der Waals surface area contributed by atoms with Gasteiger partial charge in [0.25, 0.3) is 0 Å². The number of aliphatic imine (C=N–C) groups is 1. The van der Waals surface area contributed by atoms with E-state index in [9.17, 15) is 4.79 Å². The van der Waals surface area contributed by atoms with E-state index in [1.165, 1.54) is 0 Å². The molecule has 2 aromatic carbocycles. The molecule has 190 valence electrons. The average Bonchev–Trinajstić information content (AvgIpc) is 3.21. The second-order valence-electron chi connectivity index (χ2n) is 8.42. The molecule has 0 radical (unpaired) electrons. The summed E-state index contributed by atoms with van der Waals surface area (Å²) in [6.07, 6.45) is 1.41. The van der Waals surface area contributed by atoms with Gasteiger partial charge in [0.1, 0.15) is 17.6 Å². The van der Waals surface area contributed by atoms with Gasteiger partial charge in [-0.3, -0.25) is 14.4 Å². The van der Waals surface area contributed by atoms with Gasteiger partial charge in [-0.25, -0.2) is 0 Å². The van der Waals surface area contributed by atoms with Crippen LogP contribution < -0.4 is 10.1 Å². The number of benzene rings is 2. The van der Waals surface area contributed by atoms with Gasteiger partial charge in [-0.1, -0.05) is 23.7 Å². The van der Waals surface area contributed by atoms with E-state index >= 15 is 0 Å². The second kappa shape index (κ2) is 12.1. The number of aliphatic hydroxyl groups excluding tert-OH is 1. The van der Waals surface area contributed by atoms with Crippen molar-refractivity contribution in [3.05, 3.63) is 70.3 Å². The van der Waals surface area contributed by atoms with Crippen molar-refractivity contribution in [1.29, 1.82) is 0 Å². The number of fused-ring (bicyclic) bond motifs is 3. The van der Waals surface area contributed by atoms with Gasteiger partial charge in [-0.15, -0.1) is 10.2 Å². The number of carbonyl (C=O) groups excluding carboxylic acids is 1. The number of carbonyl (C=O) groups is 1. The summed E-state index contributed by atoms with van der Waals surface area (Å²) in [6.45, 7) is 3.51. The molecule has 9 nitrogen and oxygen atoms in total. The first-order chi connectivity index (χ1) is 17.5. The maximum atomic E-state index is 12.9. The van der Waals surface area contributed by atoms with Crippen molar-refractivity contribution in [3.63, 3.8) is 0 Å². The molecule has 3 aromatic rings. The molecule has 0 unspecified atom stereocenters. The molecular formula is C26H30ClN5O4. The van der Waals surface area contributed by atoms with Crippen LogP contribution in [0.25, 0.3) is 5.69 Å². The van der Waals surface area contributed by atoms with Crippen LogP contribution in [0.3, 0.4) is 0 Å². The number of aliphatic hydroxyl groups is 1. The summed E-state index contributed by atoms with van der Waals surface area (Å²) >= 11 is 6.15. The Balaban J connectivity index is 1.63. The fourth-order valence-electron chi connectivity index (χ4n) is 4.10. The first-order valence-corrected chi connectivity index (χ1v) is 12.3. The highest BCUT2D eigenvalue weighted by Gasteiger charge is 2.30. The number of hydrogen-bond acceptors (Lipinski definition) is 7. The lowest BCUT2D eigenvalue weighted by Crippen LogP contribution is -2.27. The van der Waals surface area contributed by atoms with Crippen LogP contribution in [0.15, 0.2) is 47.5 Å². The van der Waals surface area contributed by atoms with Crippen molar-refractivity contribution in [2.24, 2.45) is 4.99 Å². The average molecular weight is 512 g/mol. The molecule has 1 aliphatic heterocycles. The lowest BCUT2D eigenvalue weighted by molar-refractivity contribution is -0.121. The number of rotatable bonds is 11. The quantitative estimate of drug-likeness (QED) is 0.382. The maximum absolute atomic E-state index is 12.9. The third-order valence-electron chi connectivity index (χ3n) is 5.86. The number of aryl methyl sites for hydroxylation is 1. The van der Waals surface area contributed by atoms with Crippen molar-refractivity contribution in [2.75, 3.05) is 33.5 Å². The van der Waals surface area contributed by atoms with Crippen LogP contribution in [0, 0.1) is 6.92 Å². The molecule has 10 heteroatoms. The second-order valence-corrected chi connectivity index (χ2v) is 8.86. The van der Waals surface area contributed by atoms with Crippen LogP contribution in [0.2, 0.25) is 5.02 Å². The van der Waals surface area contributed by atoms with Crippen molar-refractivity contribution in [1.82, 2.24) is 20.1 Å². The topological polar surface area (TPSA) is 111 Å². The normalized spacial score (nSPS) is 14.4. The molecule has 1 aliphatic rings. The van der Waals surface area contributed by atoms with E-state index in [4.69, 9.17) is 31.2 Å². The number of hydrogen-bond donors (Lipinski definition) is 2.